The smallest absolute Gasteiger partial charge is 0.259 e. The van der Waals surface area contributed by atoms with E-state index in [1.54, 1.807) is 31.8 Å². The highest BCUT2D eigenvalue weighted by atomic mass is 79.9. The van der Waals surface area contributed by atoms with Gasteiger partial charge in [0.25, 0.3) is 5.91 Å². The molecule has 0 saturated carbocycles. The second-order valence-electron chi connectivity index (χ2n) is 9.82. The first-order chi connectivity index (χ1) is 16.7. The van der Waals surface area contributed by atoms with Crippen LogP contribution in [-0.4, -0.2) is 26.3 Å². The van der Waals surface area contributed by atoms with E-state index < -0.39 is 0 Å². The largest absolute Gasteiger partial charge is 0.497 e. The van der Waals surface area contributed by atoms with E-state index in [9.17, 15) is 4.79 Å². The number of aliphatic imine (C=N–C) groups is 1. The van der Waals surface area contributed by atoms with Crippen LogP contribution >= 0.6 is 27.3 Å². The molecule has 1 aliphatic rings. The zero-order valence-corrected chi connectivity index (χ0v) is 23.2. The van der Waals surface area contributed by atoms with E-state index in [0.29, 0.717) is 17.2 Å². The van der Waals surface area contributed by atoms with Crippen molar-refractivity contribution in [2.24, 2.45) is 16.3 Å². The van der Waals surface area contributed by atoms with Crippen LogP contribution in [0.5, 0.6) is 11.5 Å². The minimum absolute atomic E-state index is 0.121. The molecule has 0 spiro atoms. The lowest BCUT2D eigenvalue weighted by molar-refractivity contribution is 0.102. The fraction of sp³-hybridized carbons (Fsp3) is 0.357. The highest BCUT2D eigenvalue weighted by Crippen LogP contribution is 2.45. The number of hydrogen-bond donors (Lipinski definition) is 1. The number of carbonyl (C=O) groups is 1. The summed E-state index contributed by atoms with van der Waals surface area (Å²) in [6.07, 6.45) is 4.68. The number of carbonyl (C=O) groups excluding carboxylic acids is 1. The second kappa shape index (κ2) is 10.5. The molecule has 3 aromatic rings. The number of nitrogens with one attached hydrogen (secondary N) is 1. The molecule has 2 aromatic carbocycles. The summed E-state index contributed by atoms with van der Waals surface area (Å²) in [7, 11) is 3.26. The Kier molecular flexibility index (Phi) is 7.67. The quantitative estimate of drug-likeness (QED) is 0.318. The molecule has 1 amide bonds. The van der Waals surface area contributed by atoms with E-state index in [2.05, 4.69) is 42.0 Å². The number of thiophene rings is 1. The van der Waals surface area contributed by atoms with Crippen molar-refractivity contribution in [3.63, 3.8) is 0 Å². The van der Waals surface area contributed by atoms with Crippen molar-refractivity contribution in [2.75, 3.05) is 19.5 Å². The maximum atomic E-state index is 13.5. The molecule has 0 fully saturated rings. The maximum absolute atomic E-state index is 13.5. The van der Waals surface area contributed by atoms with Gasteiger partial charge in [-0.15, -0.1) is 11.3 Å². The van der Waals surface area contributed by atoms with Gasteiger partial charge in [-0.3, -0.25) is 4.79 Å². The van der Waals surface area contributed by atoms with Crippen molar-refractivity contribution in [3.05, 3.63) is 68.5 Å². The molecule has 7 heteroatoms. The molecular weight excluding hydrogens is 524 g/mol. The Bertz CT molecular complexity index is 1240. The average molecular weight is 556 g/mol. The summed E-state index contributed by atoms with van der Waals surface area (Å²) in [4.78, 5) is 19.6. The molecule has 5 nitrogen and oxygen atoms in total. The number of halogens is 1. The maximum Gasteiger partial charge on any atom is 0.259 e. The monoisotopic (exact) mass is 554 g/mol. The Morgan fingerprint density at radius 2 is 1.89 bits per heavy atom. The Hall–Kier alpha value is -2.64. The van der Waals surface area contributed by atoms with Crippen LogP contribution in [0.25, 0.3) is 0 Å². The zero-order valence-electron chi connectivity index (χ0n) is 20.8. The molecule has 0 saturated heterocycles. The van der Waals surface area contributed by atoms with Crippen molar-refractivity contribution in [1.82, 2.24) is 0 Å². The van der Waals surface area contributed by atoms with Gasteiger partial charge in [-0.25, -0.2) is 4.99 Å². The van der Waals surface area contributed by atoms with Gasteiger partial charge >= 0.3 is 0 Å². The second-order valence-corrected chi connectivity index (χ2v) is 11.8. The average Bonchev–Trinajstić information content (AvgIpc) is 3.21. The number of benzene rings is 2. The number of methoxy groups -OCH3 is 2. The molecule has 1 aliphatic carbocycles. The topological polar surface area (TPSA) is 59.9 Å². The van der Waals surface area contributed by atoms with E-state index in [-0.39, 0.29) is 11.3 Å². The Morgan fingerprint density at radius 1 is 1.14 bits per heavy atom. The summed E-state index contributed by atoms with van der Waals surface area (Å²) in [5, 5.41) is 3.80. The van der Waals surface area contributed by atoms with Crippen LogP contribution in [0.4, 0.5) is 10.7 Å². The molecule has 35 heavy (non-hydrogen) atoms. The van der Waals surface area contributed by atoms with Gasteiger partial charge in [0.1, 0.15) is 16.5 Å². The molecule has 0 aliphatic heterocycles. The Balaban J connectivity index is 1.73. The summed E-state index contributed by atoms with van der Waals surface area (Å²) < 4.78 is 11.8. The molecule has 1 heterocycles. The van der Waals surface area contributed by atoms with Crippen molar-refractivity contribution < 1.29 is 14.3 Å². The van der Waals surface area contributed by atoms with E-state index in [1.807, 2.05) is 42.5 Å². The highest BCUT2D eigenvalue weighted by molar-refractivity contribution is 9.10. The SMILES string of the molecule is COc1ccc(OC)c(/C=N/c2sc3c(c2C(=O)Nc2ccc(Br)cc2)CCC(C(C)(C)C)C3)c1. The van der Waals surface area contributed by atoms with Crippen LogP contribution in [-0.2, 0) is 12.8 Å². The van der Waals surface area contributed by atoms with E-state index in [4.69, 9.17) is 14.5 Å². The number of anilines is 1. The Labute approximate surface area is 219 Å². The number of ether oxygens (including phenoxy) is 2. The summed E-state index contributed by atoms with van der Waals surface area (Å²) >= 11 is 5.08. The number of rotatable bonds is 6. The van der Waals surface area contributed by atoms with Crippen LogP contribution in [0.3, 0.4) is 0 Å². The summed E-state index contributed by atoms with van der Waals surface area (Å²) in [6, 6.07) is 13.2. The van der Waals surface area contributed by atoms with Crippen LogP contribution in [0, 0.1) is 11.3 Å². The molecule has 184 valence electrons. The first-order valence-electron chi connectivity index (χ1n) is 11.7. The number of hydrogen-bond acceptors (Lipinski definition) is 5. The normalized spacial score (nSPS) is 15.7. The number of fused-ring (bicyclic) bond motifs is 1. The fourth-order valence-corrected chi connectivity index (χ4v) is 5.96. The molecule has 1 aromatic heterocycles. The van der Waals surface area contributed by atoms with Gasteiger partial charge < -0.3 is 14.8 Å². The highest BCUT2D eigenvalue weighted by Gasteiger charge is 2.33. The van der Waals surface area contributed by atoms with E-state index in [1.165, 1.54) is 4.88 Å². The van der Waals surface area contributed by atoms with Crippen molar-refractivity contribution in [1.29, 1.82) is 0 Å². The first-order valence-corrected chi connectivity index (χ1v) is 13.3. The first kappa shape index (κ1) is 25.5. The third kappa shape index (κ3) is 5.78. The van der Waals surface area contributed by atoms with Gasteiger partial charge in [0.15, 0.2) is 0 Å². The lowest BCUT2D eigenvalue weighted by Gasteiger charge is -2.33. The summed E-state index contributed by atoms with van der Waals surface area (Å²) in [6.45, 7) is 6.89. The molecule has 0 radical (unpaired) electrons. The molecule has 1 N–H and O–H groups in total. The minimum atomic E-state index is -0.121. The van der Waals surface area contributed by atoms with Gasteiger partial charge in [-0.05, 0) is 78.6 Å². The molecule has 0 bridgehead atoms. The molecular formula is C28H31BrN2O3S. The molecule has 4 rings (SSSR count). The van der Waals surface area contributed by atoms with Crippen molar-refractivity contribution in [3.8, 4) is 11.5 Å². The molecule has 1 atom stereocenters. The van der Waals surface area contributed by atoms with Gasteiger partial charge in [-0.1, -0.05) is 36.7 Å². The lowest BCUT2D eigenvalue weighted by Crippen LogP contribution is -2.27. The number of nitrogens with zero attached hydrogens (tertiary/aromatic N) is 1. The van der Waals surface area contributed by atoms with E-state index >= 15 is 0 Å². The third-order valence-corrected chi connectivity index (χ3v) is 8.25. The van der Waals surface area contributed by atoms with Crippen LogP contribution in [0.1, 0.15) is 53.6 Å². The fourth-order valence-electron chi connectivity index (χ4n) is 4.43. The van der Waals surface area contributed by atoms with Gasteiger partial charge in [0.2, 0.25) is 0 Å². The zero-order chi connectivity index (χ0) is 25.2. The van der Waals surface area contributed by atoms with Gasteiger partial charge in [-0.2, -0.15) is 0 Å². The van der Waals surface area contributed by atoms with Crippen LogP contribution in [0.2, 0.25) is 0 Å². The minimum Gasteiger partial charge on any atom is -0.497 e. The summed E-state index contributed by atoms with van der Waals surface area (Å²) in [5.74, 6) is 1.87. The molecule has 1 unspecified atom stereocenters. The third-order valence-electron chi connectivity index (χ3n) is 6.56. The van der Waals surface area contributed by atoms with Crippen molar-refractivity contribution >= 4 is 50.1 Å². The number of amides is 1. The predicted octanol–water partition coefficient (Wildman–Crippen LogP) is 7.68. The Morgan fingerprint density at radius 3 is 2.54 bits per heavy atom. The van der Waals surface area contributed by atoms with Gasteiger partial charge in [0.05, 0.1) is 19.8 Å². The summed E-state index contributed by atoms with van der Waals surface area (Å²) in [5.41, 5.74) is 3.59. The van der Waals surface area contributed by atoms with Crippen LogP contribution < -0.4 is 14.8 Å². The standard InChI is InChI=1S/C28H31BrN2O3S/c1-28(2,3)18-6-12-22-24(15-18)35-27(25(22)26(32)31-20-9-7-19(29)8-10-20)30-16-17-14-21(33-4)11-13-23(17)34-5/h7-11,13-14,16,18H,6,12,15H2,1-5H3,(H,31,32)/b30-16+. The van der Waals surface area contributed by atoms with Gasteiger partial charge in [0, 0.05) is 26.8 Å². The van der Waals surface area contributed by atoms with Crippen molar-refractivity contribution in [2.45, 2.75) is 40.0 Å². The predicted molar refractivity (Wildman–Crippen MR) is 148 cm³/mol. The lowest BCUT2D eigenvalue weighted by atomic mass is 9.72. The van der Waals surface area contributed by atoms with E-state index in [0.717, 1.165) is 51.3 Å². The van der Waals surface area contributed by atoms with Crippen LogP contribution in [0.15, 0.2) is 51.9 Å².